The molecule has 0 aliphatic carbocycles. The smallest absolute Gasteiger partial charge is 0.339 e. The summed E-state index contributed by atoms with van der Waals surface area (Å²) < 4.78 is 0. The molecule has 0 bridgehead atoms. The average molecular weight is 517 g/mol. The van der Waals surface area contributed by atoms with Gasteiger partial charge in [-0.25, -0.2) is 15.0 Å². The SMILES string of the molecule is CCCCN1C(=O)/C(=N\NC(=O)Nc2ccccc2)c2cc(SCCc3ccc(C(=O)O)cc3)ccc21. The number of carboxylic acid groups (broad SMARTS) is 1. The van der Waals surface area contributed by atoms with Crippen molar-refractivity contribution in [2.75, 3.05) is 22.5 Å². The normalized spacial score (nSPS) is 13.5. The van der Waals surface area contributed by atoms with Gasteiger partial charge in [0.15, 0.2) is 5.71 Å². The largest absolute Gasteiger partial charge is 0.478 e. The van der Waals surface area contributed by atoms with Crippen LogP contribution < -0.4 is 15.6 Å². The first-order valence-electron chi connectivity index (χ1n) is 12.1. The van der Waals surface area contributed by atoms with Crippen molar-refractivity contribution >= 4 is 46.8 Å². The van der Waals surface area contributed by atoms with Crippen LogP contribution in [-0.2, 0) is 11.2 Å². The predicted molar refractivity (Wildman–Crippen MR) is 147 cm³/mol. The van der Waals surface area contributed by atoms with Crippen LogP contribution in [0.3, 0.4) is 0 Å². The number of nitrogens with zero attached hydrogens (tertiary/aromatic N) is 2. The molecule has 0 radical (unpaired) electrons. The zero-order valence-corrected chi connectivity index (χ0v) is 21.3. The Morgan fingerprint density at radius 2 is 1.78 bits per heavy atom. The molecular weight excluding hydrogens is 488 g/mol. The molecule has 0 fully saturated rings. The van der Waals surface area contributed by atoms with Crippen LogP contribution in [0.4, 0.5) is 16.2 Å². The van der Waals surface area contributed by atoms with Gasteiger partial charge in [0.05, 0.1) is 11.3 Å². The number of hydrogen-bond acceptors (Lipinski definition) is 5. The van der Waals surface area contributed by atoms with E-state index < -0.39 is 12.0 Å². The molecule has 37 heavy (non-hydrogen) atoms. The van der Waals surface area contributed by atoms with E-state index in [4.69, 9.17) is 5.11 Å². The van der Waals surface area contributed by atoms with Crippen molar-refractivity contribution in [3.8, 4) is 0 Å². The van der Waals surface area contributed by atoms with Crippen LogP contribution in [0.5, 0.6) is 0 Å². The number of carbonyl (C=O) groups excluding carboxylic acids is 2. The minimum atomic E-state index is -0.939. The van der Waals surface area contributed by atoms with Crippen LogP contribution in [0.1, 0.15) is 41.3 Å². The van der Waals surface area contributed by atoms with Crippen LogP contribution >= 0.6 is 11.8 Å². The van der Waals surface area contributed by atoms with Gasteiger partial charge in [-0.3, -0.25) is 4.79 Å². The number of hydrazone groups is 1. The van der Waals surface area contributed by atoms with Crippen molar-refractivity contribution in [1.29, 1.82) is 0 Å². The summed E-state index contributed by atoms with van der Waals surface area (Å²) in [7, 11) is 0. The maximum atomic E-state index is 13.2. The molecule has 1 heterocycles. The number of carboxylic acids is 1. The van der Waals surface area contributed by atoms with Gasteiger partial charge < -0.3 is 15.3 Å². The molecule has 1 aliphatic heterocycles. The molecule has 4 rings (SSSR count). The van der Waals surface area contributed by atoms with E-state index in [1.54, 1.807) is 40.9 Å². The van der Waals surface area contributed by atoms with Gasteiger partial charge in [-0.15, -0.1) is 11.8 Å². The van der Waals surface area contributed by atoms with Gasteiger partial charge in [0.2, 0.25) is 0 Å². The molecule has 3 aromatic rings. The van der Waals surface area contributed by atoms with Gasteiger partial charge in [0.1, 0.15) is 0 Å². The number of amides is 3. The standard InChI is InChI=1S/C28H28N4O4S/c1-2-3-16-32-24-14-13-22(37-17-15-19-9-11-20(12-10-19)27(34)35)18-23(24)25(26(32)33)30-31-28(36)29-21-7-5-4-6-8-21/h4-14,18H,2-3,15-17H2,1H3,(H,34,35)(H2,29,31,36)/b30-25-. The van der Waals surface area contributed by atoms with E-state index >= 15 is 0 Å². The number of hydrogen-bond donors (Lipinski definition) is 3. The van der Waals surface area contributed by atoms with Crippen LogP contribution in [-0.4, -0.2) is 41.0 Å². The van der Waals surface area contributed by atoms with Crippen molar-refractivity contribution < 1.29 is 19.5 Å². The molecular formula is C28H28N4O4S. The summed E-state index contributed by atoms with van der Waals surface area (Å²) in [6, 6.07) is 21.2. The van der Waals surface area contributed by atoms with Gasteiger partial charge in [-0.05, 0) is 60.9 Å². The molecule has 9 heteroatoms. The summed E-state index contributed by atoms with van der Waals surface area (Å²) in [5.74, 6) is -0.390. The number of benzene rings is 3. The monoisotopic (exact) mass is 516 g/mol. The number of anilines is 2. The minimum absolute atomic E-state index is 0.209. The molecule has 0 saturated heterocycles. The van der Waals surface area contributed by atoms with E-state index in [9.17, 15) is 14.4 Å². The number of aromatic carboxylic acids is 1. The maximum Gasteiger partial charge on any atom is 0.339 e. The van der Waals surface area contributed by atoms with Crippen LogP contribution in [0.15, 0.2) is 82.8 Å². The second-order valence-electron chi connectivity index (χ2n) is 8.48. The lowest BCUT2D eigenvalue weighted by molar-refractivity contribution is -0.112. The van der Waals surface area contributed by atoms with Crippen molar-refractivity contribution in [2.45, 2.75) is 31.1 Å². The van der Waals surface area contributed by atoms with E-state index in [1.807, 2.05) is 48.5 Å². The molecule has 0 aromatic heterocycles. The van der Waals surface area contributed by atoms with E-state index in [1.165, 1.54) is 0 Å². The van der Waals surface area contributed by atoms with Crippen molar-refractivity contribution in [2.24, 2.45) is 5.10 Å². The fourth-order valence-corrected chi connectivity index (χ4v) is 4.86. The lowest BCUT2D eigenvalue weighted by atomic mass is 10.1. The lowest BCUT2D eigenvalue weighted by Crippen LogP contribution is -2.33. The lowest BCUT2D eigenvalue weighted by Gasteiger charge is -2.16. The number of rotatable bonds is 10. The topological polar surface area (TPSA) is 111 Å². The van der Waals surface area contributed by atoms with Gasteiger partial charge in [-0.2, -0.15) is 5.10 Å². The molecule has 3 amide bonds. The first kappa shape index (κ1) is 26.0. The van der Waals surface area contributed by atoms with Crippen LogP contribution in [0, 0.1) is 0 Å². The zero-order valence-electron chi connectivity index (χ0n) is 20.4. The summed E-state index contributed by atoms with van der Waals surface area (Å²) in [5, 5.41) is 15.9. The highest BCUT2D eigenvalue weighted by atomic mass is 32.2. The third-order valence-corrected chi connectivity index (χ3v) is 6.85. The summed E-state index contributed by atoms with van der Waals surface area (Å²) in [6.45, 7) is 2.65. The molecule has 8 nitrogen and oxygen atoms in total. The third-order valence-electron chi connectivity index (χ3n) is 5.86. The highest BCUT2D eigenvalue weighted by Gasteiger charge is 2.34. The van der Waals surface area contributed by atoms with Gasteiger partial charge in [0.25, 0.3) is 5.91 Å². The maximum absolute atomic E-state index is 13.2. The second-order valence-corrected chi connectivity index (χ2v) is 9.65. The summed E-state index contributed by atoms with van der Waals surface area (Å²) >= 11 is 1.64. The average Bonchev–Trinajstić information content (AvgIpc) is 3.16. The number of para-hydroxylation sites is 1. The van der Waals surface area contributed by atoms with E-state index in [-0.39, 0.29) is 17.2 Å². The predicted octanol–water partition coefficient (Wildman–Crippen LogP) is 5.39. The fraction of sp³-hybridized carbons (Fsp3) is 0.214. The number of thioether (sulfide) groups is 1. The molecule has 0 unspecified atom stereocenters. The fourth-order valence-electron chi connectivity index (χ4n) is 3.92. The Hall–Kier alpha value is -4.11. The van der Waals surface area contributed by atoms with Gasteiger partial charge in [0, 0.05) is 28.4 Å². The molecule has 3 aromatic carbocycles. The Labute approximate surface area is 219 Å². The molecule has 1 aliphatic rings. The number of aryl methyl sites for hydroxylation is 1. The van der Waals surface area contributed by atoms with E-state index in [0.717, 1.165) is 41.2 Å². The Morgan fingerprint density at radius 3 is 2.49 bits per heavy atom. The Kier molecular flexibility index (Phi) is 8.58. The van der Waals surface area contributed by atoms with E-state index in [2.05, 4.69) is 22.8 Å². The van der Waals surface area contributed by atoms with Gasteiger partial charge >= 0.3 is 12.0 Å². The second kappa shape index (κ2) is 12.2. The molecule has 0 atom stereocenters. The highest BCUT2D eigenvalue weighted by molar-refractivity contribution is 7.99. The molecule has 0 spiro atoms. The van der Waals surface area contributed by atoms with Crippen molar-refractivity contribution in [3.05, 3.63) is 89.5 Å². The van der Waals surface area contributed by atoms with E-state index in [0.29, 0.717) is 17.8 Å². The van der Waals surface area contributed by atoms with Crippen LogP contribution in [0.25, 0.3) is 0 Å². The van der Waals surface area contributed by atoms with Crippen molar-refractivity contribution in [1.82, 2.24) is 5.43 Å². The van der Waals surface area contributed by atoms with Gasteiger partial charge in [-0.1, -0.05) is 43.7 Å². The minimum Gasteiger partial charge on any atom is -0.478 e. The number of carbonyl (C=O) groups is 3. The zero-order chi connectivity index (χ0) is 26.2. The highest BCUT2D eigenvalue weighted by Crippen LogP contribution is 2.33. The third kappa shape index (κ3) is 6.56. The molecule has 3 N–H and O–H groups in total. The summed E-state index contributed by atoms with van der Waals surface area (Å²) in [6.07, 6.45) is 2.58. The van der Waals surface area contributed by atoms with Crippen LogP contribution in [0.2, 0.25) is 0 Å². The number of nitrogens with one attached hydrogen (secondary N) is 2. The number of unbranched alkanes of at least 4 members (excludes halogenated alkanes) is 1. The quantitative estimate of drug-likeness (QED) is 0.247. The van der Waals surface area contributed by atoms with Crippen molar-refractivity contribution in [3.63, 3.8) is 0 Å². The number of fused-ring (bicyclic) bond motifs is 1. The Morgan fingerprint density at radius 1 is 1.03 bits per heavy atom. The Bertz CT molecular complexity index is 1310. The number of urea groups is 1. The summed E-state index contributed by atoms with van der Waals surface area (Å²) in [5.41, 5.74) is 6.09. The summed E-state index contributed by atoms with van der Waals surface area (Å²) in [4.78, 5) is 39.3. The Balaban J connectivity index is 1.47. The molecule has 0 saturated carbocycles. The molecule has 190 valence electrons. The first-order valence-corrected chi connectivity index (χ1v) is 13.1. The first-order chi connectivity index (χ1) is 18.0.